The lowest BCUT2D eigenvalue weighted by molar-refractivity contribution is -0.136. The third kappa shape index (κ3) is 3.18. The van der Waals surface area contributed by atoms with E-state index < -0.39 is 0 Å². The number of ether oxygens (including phenoxy) is 2. The van der Waals surface area contributed by atoms with E-state index in [0.717, 1.165) is 26.1 Å². The van der Waals surface area contributed by atoms with E-state index in [1.165, 1.54) is 0 Å². The topological polar surface area (TPSA) is 50.8 Å². The average molecular weight is 242 g/mol. The Labute approximate surface area is 102 Å². The molecule has 2 fully saturated rings. The fourth-order valence-electron chi connectivity index (χ4n) is 2.50. The number of hydrogen-bond donors (Lipinski definition) is 1. The van der Waals surface area contributed by atoms with Crippen LogP contribution in [0.3, 0.4) is 0 Å². The fourth-order valence-corrected chi connectivity index (χ4v) is 2.50. The van der Waals surface area contributed by atoms with Gasteiger partial charge in [-0.05, 0) is 13.3 Å². The summed E-state index contributed by atoms with van der Waals surface area (Å²) in [6.07, 6.45) is 1.57. The summed E-state index contributed by atoms with van der Waals surface area (Å²) in [4.78, 5) is 13.9. The summed E-state index contributed by atoms with van der Waals surface area (Å²) in [5.74, 6) is 0.154. The van der Waals surface area contributed by atoms with Crippen molar-refractivity contribution in [3.05, 3.63) is 0 Å². The highest BCUT2D eigenvalue weighted by Crippen LogP contribution is 2.19. The van der Waals surface area contributed by atoms with Gasteiger partial charge in [0, 0.05) is 26.7 Å². The molecule has 0 bridgehead atoms. The second kappa shape index (κ2) is 5.80. The Morgan fingerprint density at radius 3 is 2.82 bits per heavy atom. The molecule has 2 saturated heterocycles. The number of carbonyl (C=O) groups excluding carboxylic acids is 1. The van der Waals surface area contributed by atoms with Crippen LogP contribution in [0, 0.1) is 0 Å². The Bertz CT molecular complexity index is 266. The molecular weight excluding hydrogens is 220 g/mol. The van der Waals surface area contributed by atoms with Crippen LogP contribution in [0.2, 0.25) is 0 Å². The molecule has 98 valence electrons. The zero-order valence-electron chi connectivity index (χ0n) is 10.6. The van der Waals surface area contributed by atoms with E-state index in [2.05, 4.69) is 5.32 Å². The van der Waals surface area contributed by atoms with Crippen LogP contribution < -0.4 is 5.32 Å². The third-order valence-corrected chi connectivity index (χ3v) is 3.63. The zero-order chi connectivity index (χ0) is 12.3. The largest absolute Gasteiger partial charge is 0.376 e. The van der Waals surface area contributed by atoms with Gasteiger partial charge in [-0.2, -0.15) is 0 Å². The highest BCUT2D eigenvalue weighted by Gasteiger charge is 2.31. The quantitative estimate of drug-likeness (QED) is 0.757. The first kappa shape index (κ1) is 12.8. The number of nitrogens with zero attached hydrogens (tertiary/aromatic N) is 1. The number of carbonyl (C=O) groups is 1. The molecule has 0 aromatic heterocycles. The van der Waals surface area contributed by atoms with E-state index in [-0.39, 0.29) is 24.2 Å². The summed E-state index contributed by atoms with van der Waals surface area (Å²) in [5.41, 5.74) is 0. The maximum atomic E-state index is 12.1. The second-order valence-electron chi connectivity index (χ2n) is 4.84. The van der Waals surface area contributed by atoms with Crippen molar-refractivity contribution in [2.75, 3.05) is 33.4 Å². The summed E-state index contributed by atoms with van der Waals surface area (Å²) < 4.78 is 11.0. The lowest BCUT2D eigenvalue weighted by Gasteiger charge is -2.29. The van der Waals surface area contributed by atoms with Crippen LogP contribution >= 0.6 is 0 Å². The summed E-state index contributed by atoms with van der Waals surface area (Å²) >= 11 is 0. The summed E-state index contributed by atoms with van der Waals surface area (Å²) in [6, 6.07) is 0.221. The van der Waals surface area contributed by atoms with E-state index >= 15 is 0 Å². The minimum absolute atomic E-state index is 0.0244. The van der Waals surface area contributed by atoms with Crippen molar-refractivity contribution < 1.29 is 14.3 Å². The second-order valence-corrected chi connectivity index (χ2v) is 4.84. The maximum absolute atomic E-state index is 12.1. The van der Waals surface area contributed by atoms with Gasteiger partial charge in [-0.25, -0.2) is 0 Å². The highest BCUT2D eigenvalue weighted by molar-refractivity contribution is 5.76. The van der Waals surface area contributed by atoms with Gasteiger partial charge in [-0.3, -0.25) is 4.79 Å². The number of amides is 1. The highest BCUT2D eigenvalue weighted by atomic mass is 16.5. The van der Waals surface area contributed by atoms with Crippen molar-refractivity contribution in [1.29, 1.82) is 0 Å². The molecule has 2 aliphatic rings. The molecule has 17 heavy (non-hydrogen) atoms. The first-order valence-electron chi connectivity index (χ1n) is 6.38. The number of hydrogen-bond acceptors (Lipinski definition) is 4. The lowest BCUT2D eigenvalue weighted by Crippen LogP contribution is -2.45. The molecule has 1 N–H and O–H groups in total. The number of likely N-dealkylation sites (N-methyl/N-ethyl adjacent to an activating group) is 1. The minimum atomic E-state index is 0.0244. The molecule has 2 aliphatic heterocycles. The van der Waals surface area contributed by atoms with Crippen molar-refractivity contribution in [2.24, 2.45) is 0 Å². The van der Waals surface area contributed by atoms with Crippen LogP contribution in [-0.4, -0.2) is 62.4 Å². The van der Waals surface area contributed by atoms with E-state index in [1.54, 1.807) is 0 Å². The molecule has 0 spiro atoms. The van der Waals surface area contributed by atoms with Crippen molar-refractivity contribution in [3.8, 4) is 0 Å². The molecule has 5 heteroatoms. The van der Waals surface area contributed by atoms with Gasteiger partial charge in [0.15, 0.2) is 0 Å². The Morgan fingerprint density at radius 2 is 2.24 bits per heavy atom. The molecule has 0 radical (unpaired) electrons. The van der Waals surface area contributed by atoms with Gasteiger partial charge < -0.3 is 19.7 Å². The molecule has 1 amide bonds. The Morgan fingerprint density at radius 1 is 1.41 bits per heavy atom. The Balaban J connectivity index is 1.81. The summed E-state index contributed by atoms with van der Waals surface area (Å²) in [6.45, 7) is 5.14. The standard InChI is InChI=1S/C12H22N2O3/c1-9-11(3-5-16-9)14(2)12(15)7-10-8-13-4-6-17-10/h9-11,13H,3-8H2,1-2H3. The summed E-state index contributed by atoms with van der Waals surface area (Å²) in [5, 5.41) is 3.24. The van der Waals surface area contributed by atoms with Gasteiger partial charge in [0.1, 0.15) is 0 Å². The monoisotopic (exact) mass is 242 g/mol. The van der Waals surface area contributed by atoms with Gasteiger partial charge >= 0.3 is 0 Å². The van der Waals surface area contributed by atoms with Gasteiger partial charge in [-0.1, -0.05) is 0 Å². The Hall–Kier alpha value is -0.650. The Kier molecular flexibility index (Phi) is 4.36. The number of morpholine rings is 1. The van der Waals surface area contributed by atoms with Crippen LogP contribution in [0.25, 0.3) is 0 Å². The lowest BCUT2D eigenvalue weighted by atomic mass is 10.1. The molecular formula is C12H22N2O3. The zero-order valence-corrected chi connectivity index (χ0v) is 10.6. The smallest absolute Gasteiger partial charge is 0.225 e. The van der Waals surface area contributed by atoms with Crippen LogP contribution in [-0.2, 0) is 14.3 Å². The predicted octanol–water partition coefficient (Wildman–Crippen LogP) is 0.000700. The number of nitrogens with one attached hydrogen (secondary N) is 1. The predicted molar refractivity (Wildman–Crippen MR) is 63.8 cm³/mol. The average Bonchev–Trinajstić information content (AvgIpc) is 2.76. The van der Waals surface area contributed by atoms with Crippen LogP contribution in [0.5, 0.6) is 0 Å². The van der Waals surface area contributed by atoms with Crippen molar-refractivity contribution in [2.45, 2.75) is 38.0 Å². The summed E-state index contributed by atoms with van der Waals surface area (Å²) in [7, 11) is 1.87. The molecule has 2 rings (SSSR count). The molecule has 0 aliphatic carbocycles. The van der Waals surface area contributed by atoms with Gasteiger partial charge in [0.2, 0.25) is 5.91 Å². The van der Waals surface area contributed by atoms with Crippen molar-refractivity contribution in [1.82, 2.24) is 10.2 Å². The molecule has 0 aromatic carbocycles. The van der Waals surface area contributed by atoms with Gasteiger partial charge in [0.25, 0.3) is 0 Å². The van der Waals surface area contributed by atoms with Crippen molar-refractivity contribution in [3.63, 3.8) is 0 Å². The molecule has 5 nitrogen and oxygen atoms in total. The van der Waals surface area contributed by atoms with Crippen molar-refractivity contribution >= 4 is 5.91 Å². The first-order valence-corrected chi connectivity index (χ1v) is 6.38. The molecule has 2 heterocycles. The van der Waals surface area contributed by atoms with Crippen LogP contribution in [0.4, 0.5) is 0 Å². The van der Waals surface area contributed by atoms with E-state index in [1.807, 2.05) is 18.9 Å². The van der Waals surface area contributed by atoms with Crippen LogP contribution in [0.15, 0.2) is 0 Å². The molecule has 0 saturated carbocycles. The molecule has 3 atom stereocenters. The maximum Gasteiger partial charge on any atom is 0.225 e. The van der Waals surface area contributed by atoms with E-state index in [9.17, 15) is 4.79 Å². The first-order chi connectivity index (χ1) is 8.18. The normalized spacial score (nSPS) is 33.6. The van der Waals surface area contributed by atoms with Crippen LogP contribution in [0.1, 0.15) is 19.8 Å². The molecule has 3 unspecified atom stereocenters. The van der Waals surface area contributed by atoms with E-state index in [0.29, 0.717) is 13.0 Å². The van der Waals surface area contributed by atoms with E-state index in [4.69, 9.17) is 9.47 Å². The SMILES string of the molecule is CC1OCCC1N(C)C(=O)CC1CNCCO1. The third-order valence-electron chi connectivity index (χ3n) is 3.63. The molecule has 0 aromatic rings. The minimum Gasteiger partial charge on any atom is -0.376 e. The fraction of sp³-hybridized carbons (Fsp3) is 0.917. The number of rotatable bonds is 3. The van der Waals surface area contributed by atoms with Gasteiger partial charge in [-0.15, -0.1) is 0 Å². The van der Waals surface area contributed by atoms with Gasteiger partial charge in [0.05, 0.1) is 31.3 Å².